The van der Waals surface area contributed by atoms with Gasteiger partial charge in [-0.3, -0.25) is 0 Å². The van der Waals surface area contributed by atoms with Crippen LogP contribution in [0.1, 0.15) is 17.2 Å². The van der Waals surface area contributed by atoms with Crippen molar-refractivity contribution < 1.29 is 5.11 Å². The van der Waals surface area contributed by atoms with Crippen LogP contribution in [0.15, 0.2) is 45.6 Å². The molecule has 0 bridgehead atoms. The van der Waals surface area contributed by atoms with Gasteiger partial charge in [0.2, 0.25) is 0 Å². The third kappa shape index (κ3) is 2.51. The molecule has 2 nitrogen and oxygen atoms in total. The molecule has 2 rings (SSSR count). The summed E-state index contributed by atoms with van der Waals surface area (Å²) in [5.41, 5.74) is 1.72. The Morgan fingerprint density at radius 3 is 2.27 bits per heavy atom. The highest BCUT2D eigenvalue weighted by Gasteiger charge is 2.11. The number of aromatic nitrogens is 1. The molecule has 15 heavy (non-hydrogen) atoms. The number of benzene rings is 1. The largest absolute Gasteiger partial charge is 0.384 e. The molecule has 0 aliphatic rings. The topological polar surface area (TPSA) is 36.0 Å². The van der Waals surface area contributed by atoms with Crippen molar-refractivity contribution in [2.24, 2.45) is 0 Å². The lowest BCUT2D eigenvalue weighted by atomic mass is 10.0. The van der Waals surface area contributed by atoms with Gasteiger partial charge in [-0.1, -0.05) is 31.9 Å². The number of aromatic amines is 1. The molecule has 1 heterocycles. The monoisotopic (exact) mass is 329 g/mol. The molecule has 2 N–H and O–H groups in total. The second-order valence-electron chi connectivity index (χ2n) is 3.25. The molecule has 0 fully saturated rings. The summed E-state index contributed by atoms with van der Waals surface area (Å²) in [6.07, 6.45) is 3.00. The second kappa shape index (κ2) is 4.51. The molecular formula is C11H9Br2NO. The van der Waals surface area contributed by atoms with E-state index in [1.165, 1.54) is 0 Å². The molecule has 0 radical (unpaired) electrons. The fourth-order valence-electron chi connectivity index (χ4n) is 1.43. The van der Waals surface area contributed by atoms with Crippen molar-refractivity contribution in [3.8, 4) is 0 Å². The summed E-state index contributed by atoms with van der Waals surface area (Å²) in [6.45, 7) is 0. The van der Waals surface area contributed by atoms with E-state index < -0.39 is 6.10 Å². The van der Waals surface area contributed by atoms with Crippen LogP contribution < -0.4 is 0 Å². The number of aliphatic hydroxyl groups excluding tert-OH is 1. The van der Waals surface area contributed by atoms with Gasteiger partial charge in [0.1, 0.15) is 6.10 Å². The molecule has 1 aromatic heterocycles. The van der Waals surface area contributed by atoms with Gasteiger partial charge in [-0.25, -0.2) is 0 Å². The van der Waals surface area contributed by atoms with E-state index in [1.54, 1.807) is 12.4 Å². The van der Waals surface area contributed by atoms with Gasteiger partial charge in [0.15, 0.2) is 0 Å². The van der Waals surface area contributed by atoms with Gasteiger partial charge in [-0.2, -0.15) is 0 Å². The first-order chi connectivity index (χ1) is 7.16. The van der Waals surface area contributed by atoms with E-state index in [0.717, 1.165) is 20.1 Å². The van der Waals surface area contributed by atoms with Crippen LogP contribution in [0.5, 0.6) is 0 Å². The van der Waals surface area contributed by atoms with E-state index in [2.05, 4.69) is 36.8 Å². The van der Waals surface area contributed by atoms with Crippen molar-refractivity contribution in [3.63, 3.8) is 0 Å². The molecule has 1 atom stereocenters. The van der Waals surface area contributed by atoms with Crippen LogP contribution in [0.4, 0.5) is 0 Å². The molecule has 0 saturated heterocycles. The van der Waals surface area contributed by atoms with Crippen molar-refractivity contribution >= 4 is 31.9 Å². The number of H-pyrrole nitrogens is 1. The lowest BCUT2D eigenvalue weighted by Gasteiger charge is -2.10. The van der Waals surface area contributed by atoms with Crippen molar-refractivity contribution in [3.05, 3.63) is 56.7 Å². The van der Waals surface area contributed by atoms with Crippen LogP contribution in [0.3, 0.4) is 0 Å². The highest BCUT2D eigenvalue weighted by atomic mass is 79.9. The van der Waals surface area contributed by atoms with Crippen LogP contribution in [0, 0.1) is 0 Å². The maximum Gasteiger partial charge on any atom is 0.106 e. The summed E-state index contributed by atoms with van der Waals surface area (Å²) in [5.74, 6) is 0. The van der Waals surface area contributed by atoms with E-state index >= 15 is 0 Å². The molecule has 1 aromatic carbocycles. The summed E-state index contributed by atoms with van der Waals surface area (Å²) in [7, 11) is 0. The van der Waals surface area contributed by atoms with Gasteiger partial charge in [0, 0.05) is 26.9 Å². The van der Waals surface area contributed by atoms with E-state index in [-0.39, 0.29) is 0 Å². The first kappa shape index (κ1) is 10.9. The Bertz CT molecular complexity index is 433. The quantitative estimate of drug-likeness (QED) is 0.866. The Balaban J connectivity index is 2.37. The van der Waals surface area contributed by atoms with Gasteiger partial charge < -0.3 is 10.1 Å². The van der Waals surface area contributed by atoms with Crippen LogP contribution in [-0.4, -0.2) is 10.1 Å². The normalized spacial score (nSPS) is 12.7. The Kier molecular flexibility index (Phi) is 3.29. The first-order valence-corrected chi connectivity index (χ1v) is 6.02. The predicted molar refractivity (Wildman–Crippen MR) is 66.7 cm³/mol. The van der Waals surface area contributed by atoms with Crippen LogP contribution in [0.25, 0.3) is 0 Å². The third-order valence-electron chi connectivity index (χ3n) is 2.14. The smallest absolute Gasteiger partial charge is 0.106 e. The Hall–Kier alpha value is -0.580. The summed E-state index contributed by atoms with van der Waals surface area (Å²) in [4.78, 5) is 2.93. The van der Waals surface area contributed by atoms with Crippen LogP contribution in [0.2, 0.25) is 0 Å². The number of hydrogen-bond donors (Lipinski definition) is 2. The van der Waals surface area contributed by atoms with E-state index in [0.29, 0.717) is 0 Å². The summed E-state index contributed by atoms with van der Waals surface area (Å²) >= 11 is 6.79. The van der Waals surface area contributed by atoms with Crippen LogP contribution >= 0.6 is 31.9 Å². The Morgan fingerprint density at radius 2 is 1.73 bits per heavy atom. The number of hydrogen-bond acceptors (Lipinski definition) is 1. The maximum absolute atomic E-state index is 10.1. The van der Waals surface area contributed by atoms with E-state index in [1.807, 2.05) is 24.3 Å². The Morgan fingerprint density at radius 1 is 1.07 bits per heavy atom. The average Bonchev–Trinajstić information content (AvgIpc) is 2.67. The fourth-order valence-corrected chi connectivity index (χ4v) is 2.76. The molecule has 0 spiro atoms. The maximum atomic E-state index is 10.1. The fraction of sp³-hybridized carbons (Fsp3) is 0.0909. The predicted octanol–water partition coefficient (Wildman–Crippen LogP) is 3.62. The second-order valence-corrected chi connectivity index (χ2v) is 5.08. The molecular weight excluding hydrogens is 322 g/mol. The number of nitrogens with one attached hydrogen (secondary N) is 1. The summed E-state index contributed by atoms with van der Waals surface area (Å²) in [5, 5.41) is 10.1. The van der Waals surface area contributed by atoms with Gasteiger partial charge in [-0.15, -0.1) is 0 Å². The third-order valence-corrected chi connectivity index (χ3v) is 3.05. The Labute approximate surface area is 105 Å². The van der Waals surface area contributed by atoms with Gasteiger partial charge in [-0.05, 0) is 29.8 Å². The molecule has 2 aromatic rings. The molecule has 0 aliphatic heterocycles. The molecule has 0 aliphatic carbocycles. The highest BCUT2D eigenvalue weighted by Crippen LogP contribution is 2.27. The van der Waals surface area contributed by atoms with E-state index in [9.17, 15) is 5.11 Å². The van der Waals surface area contributed by atoms with Crippen molar-refractivity contribution in [1.82, 2.24) is 4.98 Å². The van der Waals surface area contributed by atoms with Crippen LogP contribution in [-0.2, 0) is 0 Å². The zero-order valence-corrected chi connectivity index (χ0v) is 10.9. The summed E-state index contributed by atoms with van der Waals surface area (Å²) in [6, 6.07) is 7.61. The zero-order chi connectivity index (χ0) is 10.8. The summed E-state index contributed by atoms with van der Waals surface area (Å²) < 4.78 is 1.89. The zero-order valence-electron chi connectivity index (χ0n) is 7.74. The highest BCUT2D eigenvalue weighted by molar-refractivity contribution is 9.11. The van der Waals surface area contributed by atoms with Gasteiger partial charge in [0.25, 0.3) is 0 Å². The van der Waals surface area contributed by atoms with Gasteiger partial charge in [0.05, 0.1) is 0 Å². The average molecular weight is 331 g/mol. The molecule has 4 heteroatoms. The number of halogens is 2. The van der Waals surface area contributed by atoms with Crippen molar-refractivity contribution in [2.45, 2.75) is 6.10 Å². The number of aliphatic hydroxyl groups is 1. The SMILES string of the molecule is OC(c1cc[nH]c1)c1cc(Br)cc(Br)c1. The lowest BCUT2D eigenvalue weighted by molar-refractivity contribution is 0.220. The van der Waals surface area contributed by atoms with E-state index in [4.69, 9.17) is 0 Å². The number of rotatable bonds is 2. The lowest BCUT2D eigenvalue weighted by Crippen LogP contribution is -1.97. The van der Waals surface area contributed by atoms with Gasteiger partial charge >= 0.3 is 0 Å². The minimum atomic E-state index is -0.593. The van der Waals surface area contributed by atoms with Crippen molar-refractivity contribution in [2.75, 3.05) is 0 Å². The minimum Gasteiger partial charge on any atom is -0.384 e. The molecule has 0 amide bonds. The van der Waals surface area contributed by atoms with Crippen molar-refractivity contribution in [1.29, 1.82) is 0 Å². The minimum absolute atomic E-state index is 0.593. The molecule has 1 unspecified atom stereocenters. The molecule has 78 valence electrons. The molecule has 0 saturated carbocycles. The standard InChI is InChI=1S/C11H9Br2NO/c12-9-3-8(4-10(13)5-9)11(15)7-1-2-14-6-7/h1-6,11,14-15H. The first-order valence-electron chi connectivity index (χ1n) is 4.43.